The molecule has 1 aliphatic rings. The summed E-state index contributed by atoms with van der Waals surface area (Å²) < 4.78 is 9.72. The maximum absolute atomic E-state index is 11.3. The lowest BCUT2D eigenvalue weighted by atomic mass is 9.90. The van der Waals surface area contributed by atoms with E-state index in [2.05, 4.69) is 10.1 Å². The van der Waals surface area contributed by atoms with Crippen molar-refractivity contribution < 1.29 is 19.4 Å². The molecule has 3 atom stereocenters. The van der Waals surface area contributed by atoms with Crippen LogP contribution in [-0.4, -0.2) is 50.6 Å². The van der Waals surface area contributed by atoms with Gasteiger partial charge in [0, 0.05) is 18.7 Å². The van der Waals surface area contributed by atoms with E-state index in [-0.39, 0.29) is 12.0 Å². The highest BCUT2D eigenvalue weighted by Crippen LogP contribution is 2.21. The van der Waals surface area contributed by atoms with Crippen LogP contribution in [-0.2, 0) is 14.3 Å². The average Bonchev–Trinajstić information content (AvgIpc) is 2.28. The molecular weight excluding hydrogens is 198 g/mol. The van der Waals surface area contributed by atoms with Gasteiger partial charge in [-0.1, -0.05) is 0 Å². The quantitative estimate of drug-likeness (QED) is 0.618. The van der Waals surface area contributed by atoms with Gasteiger partial charge in [0.05, 0.1) is 13.2 Å². The molecule has 1 aliphatic carbocycles. The van der Waals surface area contributed by atoms with Crippen LogP contribution in [0.15, 0.2) is 11.6 Å². The summed E-state index contributed by atoms with van der Waals surface area (Å²) in [7, 11) is 4.57. The Bertz CT molecular complexity index is 264. The molecule has 0 saturated carbocycles. The Morgan fingerprint density at radius 2 is 2.27 bits per heavy atom. The maximum Gasteiger partial charge on any atom is 0.333 e. The molecule has 0 aromatic rings. The van der Waals surface area contributed by atoms with Crippen LogP contribution in [0, 0.1) is 0 Å². The second-order valence-corrected chi connectivity index (χ2v) is 3.47. The highest BCUT2D eigenvalue weighted by molar-refractivity contribution is 5.88. The number of aliphatic hydroxyl groups is 1. The van der Waals surface area contributed by atoms with Gasteiger partial charge in [-0.25, -0.2) is 4.79 Å². The molecule has 0 amide bonds. The van der Waals surface area contributed by atoms with E-state index in [1.165, 1.54) is 14.2 Å². The number of esters is 1. The zero-order valence-electron chi connectivity index (χ0n) is 9.19. The molecular formula is C10H17NO4. The molecule has 0 aliphatic heterocycles. The average molecular weight is 215 g/mol. The number of aliphatic hydroxyl groups excluding tert-OH is 1. The Morgan fingerprint density at radius 3 is 2.73 bits per heavy atom. The van der Waals surface area contributed by atoms with Gasteiger partial charge in [0.1, 0.15) is 6.10 Å². The second-order valence-electron chi connectivity index (χ2n) is 3.47. The molecule has 5 heteroatoms. The van der Waals surface area contributed by atoms with Gasteiger partial charge in [0.25, 0.3) is 0 Å². The summed E-state index contributed by atoms with van der Waals surface area (Å²) >= 11 is 0. The molecule has 2 N–H and O–H groups in total. The summed E-state index contributed by atoms with van der Waals surface area (Å²) in [6, 6.07) is -0.186. The zero-order chi connectivity index (χ0) is 11.4. The molecule has 0 heterocycles. The summed E-state index contributed by atoms with van der Waals surface area (Å²) in [5.41, 5.74) is 0.536. The van der Waals surface area contributed by atoms with Crippen molar-refractivity contribution in [2.75, 3.05) is 21.3 Å². The van der Waals surface area contributed by atoms with Crippen LogP contribution in [0.25, 0.3) is 0 Å². The number of hydrogen-bond donors (Lipinski definition) is 2. The fraction of sp³-hybridized carbons (Fsp3) is 0.700. The van der Waals surface area contributed by atoms with Gasteiger partial charge in [0.15, 0.2) is 0 Å². The second kappa shape index (κ2) is 5.25. The van der Waals surface area contributed by atoms with Crippen LogP contribution in [0.2, 0.25) is 0 Å². The number of carbonyl (C=O) groups is 1. The Labute approximate surface area is 89.1 Å². The van der Waals surface area contributed by atoms with Crippen LogP contribution in [0.5, 0.6) is 0 Å². The number of carbonyl (C=O) groups excluding carboxylic acids is 1. The molecule has 0 bridgehead atoms. The fourth-order valence-corrected chi connectivity index (χ4v) is 1.71. The first-order chi connectivity index (χ1) is 7.13. The number of methoxy groups -OCH3 is 2. The predicted octanol–water partition coefficient (Wildman–Crippen LogP) is -0.547. The Balaban J connectivity index is 2.85. The van der Waals surface area contributed by atoms with Gasteiger partial charge in [-0.2, -0.15) is 0 Å². The smallest absolute Gasteiger partial charge is 0.333 e. The van der Waals surface area contributed by atoms with E-state index in [9.17, 15) is 9.90 Å². The van der Waals surface area contributed by atoms with Crippen molar-refractivity contribution >= 4 is 5.97 Å². The molecule has 1 rings (SSSR count). The minimum Gasteiger partial charge on any atom is -0.466 e. The summed E-state index contributed by atoms with van der Waals surface area (Å²) in [5, 5.41) is 12.8. The SMILES string of the molecule is CNC1CC(C(=O)OC)=CC(OC)C1O. The lowest BCUT2D eigenvalue weighted by Gasteiger charge is -2.32. The number of ether oxygens (including phenoxy) is 2. The summed E-state index contributed by atoms with van der Waals surface area (Å²) in [6.07, 6.45) is 0.952. The van der Waals surface area contributed by atoms with Crippen LogP contribution in [0.3, 0.4) is 0 Å². The third kappa shape index (κ3) is 2.56. The van der Waals surface area contributed by atoms with Crippen LogP contribution in [0.4, 0.5) is 0 Å². The Morgan fingerprint density at radius 1 is 1.60 bits per heavy atom. The predicted molar refractivity (Wildman–Crippen MR) is 54.4 cm³/mol. The van der Waals surface area contributed by atoms with E-state index in [0.717, 1.165) is 0 Å². The Kier molecular flexibility index (Phi) is 4.26. The largest absolute Gasteiger partial charge is 0.466 e. The molecule has 3 unspecified atom stereocenters. The van der Waals surface area contributed by atoms with Gasteiger partial charge in [-0.15, -0.1) is 0 Å². The zero-order valence-corrected chi connectivity index (χ0v) is 9.19. The van der Waals surface area contributed by atoms with Crippen molar-refractivity contribution in [3.05, 3.63) is 11.6 Å². The molecule has 0 aromatic carbocycles. The highest BCUT2D eigenvalue weighted by atomic mass is 16.5. The van der Waals surface area contributed by atoms with Crippen molar-refractivity contribution in [1.82, 2.24) is 5.32 Å². The first kappa shape index (κ1) is 12.2. The molecule has 15 heavy (non-hydrogen) atoms. The van der Waals surface area contributed by atoms with Crippen molar-refractivity contribution in [2.45, 2.75) is 24.7 Å². The monoisotopic (exact) mass is 215 g/mol. The molecule has 0 fully saturated rings. The van der Waals surface area contributed by atoms with Gasteiger partial charge in [0.2, 0.25) is 0 Å². The van der Waals surface area contributed by atoms with E-state index in [0.29, 0.717) is 12.0 Å². The van der Waals surface area contributed by atoms with Crippen molar-refractivity contribution in [1.29, 1.82) is 0 Å². The molecule has 0 spiro atoms. The van der Waals surface area contributed by atoms with Gasteiger partial charge in [-0.3, -0.25) is 0 Å². The number of nitrogens with one attached hydrogen (secondary N) is 1. The number of likely N-dealkylation sites (N-methyl/N-ethyl adjacent to an activating group) is 1. The Hall–Kier alpha value is -0.910. The van der Waals surface area contributed by atoms with E-state index in [4.69, 9.17) is 4.74 Å². The van der Waals surface area contributed by atoms with Crippen LogP contribution in [0.1, 0.15) is 6.42 Å². The van der Waals surface area contributed by atoms with E-state index in [1.807, 2.05) is 0 Å². The summed E-state index contributed by atoms with van der Waals surface area (Å²) in [6.45, 7) is 0. The molecule has 5 nitrogen and oxygen atoms in total. The molecule has 0 aromatic heterocycles. The standard InChI is InChI=1S/C10H17NO4/c1-11-7-4-6(10(13)15-3)5-8(14-2)9(7)12/h5,7-9,11-12H,4H2,1-3H3. The fourth-order valence-electron chi connectivity index (χ4n) is 1.71. The van der Waals surface area contributed by atoms with E-state index in [1.54, 1.807) is 13.1 Å². The van der Waals surface area contributed by atoms with Gasteiger partial charge in [-0.05, 0) is 19.5 Å². The minimum atomic E-state index is -0.645. The van der Waals surface area contributed by atoms with Crippen LogP contribution >= 0.6 is 0 Å². The maximum atomic E-state index is 11.3. The van der Waals surface area contributed by atoms with E-state index < -0.39 is 12.2 Å². The van der Waals surface area contributed by atoms with Crippen molar-refractivity contribution in [3.63, 3.8) is 0 Å². The molecule has 86 valence electrons. The van der Waals surface area contributed by atoms with Crippen molar-refractivity contribution in [2.24, 2.45) is 0 Å². The third-order valence-corrected chi connectivity index (χ3v) is 2.64. The summed E-state index contributed by atoms with van der Waals surface area (Å²) in [4.78, 5) is 11.3. The number of hydrogen-bond acceptors (Lipinski definition) is 5. The van der Waals surface area contributed by atoms with E-state index >= 15 is 0 Å². The highest BCUT2D eigenvalue weighted by Gasteiger charge is 2.33. The first-order valence-electron chi connectivity index (χ1n) is 4.81. The van der Waals surface area contributed by atoms with Crippen LogP contribution < -0.4 is 5.32 Å². The van der Waals surface area contributed by atoms with Crippen molar-refractivity contribution in [3.8, 4) is 0 Å². The lowest BCUT2D eigenvalue weighted by Crippen LogP contribution is -2.48. The minimum absolute atomic E-state index is 0.186. The van der Waals surface area contributed by atoms with Gasteiger partial charge < -0.3 is 19.9 Å². The number of rotatable bonds is 3. The first-order valence-corrected chi connectivity index (χ1v) is 4.81. The topological polar surface area (TPSA) is 67.8 Å². The molecule has 0 radical (unpaired) electrons. The van der Waals surface area contributed by atoms with Gasteiger partial charge >= 0.3 is 5.97 Å². The third-order valence-electron chi connectivity index (χ3n) is 2.64. The normalized spacial score (nSPS) is 30.9. The summed E-state index contributed by atoms with van der Waals surface area (Å²) in [5.74, 6) is -0.371. The molecule has 0 saturated heterocycles. The lowest BCUT2D eigenvalue weighted by molar-refractivity contribution is -0.136.